The van der Waals surface area contributed by atoms with Crippen LogP contribution >= 0.6 is 0 Å². The van der Waals surface area contributed by atoms with Gasteiger partial charge < -0.3 is 7.43 Å². The van der Waals surface area contributed by atoms with Gasteiger partial charge in [0, 0.05) is 0 Å². The van der Waals surface area contributed by atoms with Gasteiger partial charge in [0.25, 0.3) is 0 Å². The number of benzene rings is 2. The second-order valence-electron chi connectivity index (χ2n) is 5.23. The Morgan fingerprint density at radius 3 is 0.644 bits per heavy atom. The predicted molar refractivity (Wildman–Crippen MR) is 315 cm³/mol. The van der Waals surface area contributed by atoms with Crippen molar-refractivity contribution in [2.75, 3.05) is 0 Å². The van der Waals surface area contributed by atoms with Crippen LogP contribution in [-0.2, 0) is 5.41 Å². The van der Waals surface area contributed by atoms with Crippen LogP contribution in [0.5, 0.6) is 0 Å². The summed E-state index contributed by atoms with van der Waals surface area (Å²) in [5.74, 6) is 0. The first-order valence-electron chi connectivity index (χ1n) is 26.5. The zero-order valence-electron chi connectivity index (χ0n) is 54.0. The Hall–Kier alpha value is 72.7. The van der Waals surface area contributed by atoms with Crippen LogP contribution in [0.3, 0.4) is 0 Å². The molecule has 0 saturated carbocycles. The number of hydrogen-bond acceptors (Lipinski definition) is 0. The Kier molecular flexibility index (Phi) is 745. The molecule has 2 rings (SSSR count). The van der Waals surface area contributed by atoms with Crippen molar-refractivity contribution in [1.29, 1.82) is 0 Å². The Bertz CT molecular complexity index is 539. The molecule has 140 valence electrons. The first-order valence-corrected chi connectivity index (χ1v) is 706. The fourth-order valence-corrected chi connectivity index (χ4v) is 2.38. The van der Waals surface area contributed by atoms with Gasteiger partial charge >= 0.3 is 1410 Å². The molecule has 59 heavy (non-hydrogen) atoms. The van der Waals surface area contributed by atoms with Gasteiger partial charge in [-0.2, -0.15) is 0 Å². The molecule has 41 heteroatoms. The quantitative estimate of drug-likeness (QED) is 0.231. The molecule has 0 bridgehead atoms. The fraction of sp³-hybridized carbons (Fsp3) is 0.389. The molecule has 0 radical (unpaired) electrons. The Balaban J connectivity index is -0.0000000135. The summed E-state index contributed by atoms with van der Waals surface area (Å²) in [6.45, 7) is 13.0. The molecule has 0 heterocycles. The normalized spacial score (nSPS) is 5.86. The molecule has 0 spiro atoms. The van der Waals surface area contributed by atoms with Crippen LogP contribution in [0.2, 0.25) is 0 Å². The fourth-order valence-electron chi connectivity index (χ4n) is 2.38. The molecule has 0 aromatic heterocycles. The first-order chi connectivity index (χ1) is 28.0. The number of rotatable bonds is 0. The van der Waals surface area contributed by atoms with Crippen molar-refractivity contribution in [3.63, 3.8) is 0 Å². The van der Waals surface area contributed by atoms with Crippen LogP contribution < -0.4 is 58.2 Å². The molecule has 0 aliphatic heterocycles. The molecule has 0 aliphatic carbocycles. The second-order valence-corrected chi connectivity index (χ2v) is 5.23. The molecule has 2 aromatic carbocycles. The molecule has 0 fully saturated rings. The van der Waals surface area contributed by atoms with E-state index in [0.29, 0.717) is 0 Å². The topological polar surface area (TPSA) is 0 Å². The van der Waals surface area contributed by atoms with Crippen LogP contribution in [0.25, 0.3) is 10.8 Å². The number of aryl methyl sites for hydroxylation is 1. The van der Waals surface area contributed by atoms with E-state index in [1.165, 1.54) is 21.9 Å². The molecular formula is C18H27Rb41. The van der Waals surface area contributed by atoms with E-state index in [0.717, 1.165) is 1350 Å². The van der Waals surface area contributed by atoms with Crippen LogP contribution in [0.15, 0.2) is 36.4 Å². The van der Waals surface area contributed by atoms with Crippen molar-refractivity contribution >= 4 is 1370 Å². The zero-order valence-corrected chi connectivity index (χ0v) is 256. The molecule has 2 aromatic rings. The van der Waals surface area contributed by atoms with Crippen molar-refractivity contribution in [3.8, 4) is 0 Å². The summed E-state index contributed by atoms with van der Waals surface area (Å²) in [5, 5.41) is 2.73. The van der Waals surface area contributed by atoms with Gasteiger partial charge in [0.2, 0.25) is 0 Å². The molecule has 0 atom stereocenters. The summed E-state index contributed by atoms with van der Waals surface area (Å²) < 4.78 is 0. The summed E-state index contributed by atoms with van der Waals surface area (Å²) in [4.78, 5) is 0. The molecular weight excluding hydrogens is 3720 g/mol. The minimum atomic E-state index is 0. The maximum absolute atomic E-state index is 2.28. The monoisotopic (exact) mass is 3720 g/mol. The summed E-state index contributed by atoms with van der Waals surface area (Å²) in [6.07, 6.45) is 0. The second kappa shape index (κ2) is 235. The van der Waals surface area contributed by atoms with Crippen LogP contribution in [0, 0.1) is 14.4 Å². The summed E-state index contributed by atoms with van der Waals surface area (Å²) in [7, 11) is 0. The average molecular weight is 3750 g/mol. The molecule has 0 nitrogen and oxygen atoms in total. The molecule has 0 unspecified atom stereocenters. The summed E-state index contributed by atoms with van der Waals surface area (Å²) in [5.41, 5.74) is 3.08. The van der Waals surface area contributed by atoms with E-state index in [-0.39, 0.29) is 71.0 Å². The molecule has 0 amide bonds. The van der Waals surface area contributed by atoms with E-state index in [1.807, 2.05) is 13.8 Å². The Morgan fingerprint density at radius 2 is 0.475 bits per heavy atom. The van der Waals surface area contributed by atoms with Crippen LogP contribution in [0.1, 0.15) is 45.7 Å². The predicted octanol–water partition coefficient (Wildman–Crippen LogP) is -12.3. The Labute approximate surface area is 1410 Å². The SMILES string of the molecule is CC.Cc1ccc2ccccc2c1C(C)(C)C.[CH3-].[Rb+].[Rb][Rb].[Rb][Rb].[Rb][Rb].[Rb][Rb].[Rb][Rb].[Rb][Rb].[Rb][Rb].[Rb][Rb].[Rb][Rb].[Rb][Rb].[Rb][Rb].[Rb][Rb].[Rb][Rb].[Rb][Rb].[Rb][Rb].[Rb][Rb].[Rb][Rb].[Rb][Rb].[Rb][Rb].[Rb][Rb]. The molecule has 0 N–H and O–H groups in total. The van der Waals surface area contributed by atoms with Crippen molar-refractivity contribution < 1.29 is 58.2 Å². The third-order valence-electron chi connectivity index (χ3n) is 2.89. The van der Waals surface area contributed by atoms with E-state index < -0.39 is 0 Å². The Morgan fingerprint density at radius 1 is 0.305 bits per heavy atom. The van der Waals surface area contributed by atoms with Gasteiger partial charge in [-0.1, -0.05) is 71.0 Å². The van der Waals surface area contributed by atoms with Crippen molar-refractivity contribution in [1.82, 2.24) is 0 Å². The van der Waals surface area contributed by atoms with Gasteiger partial charge in [-0.25, -0.2) is 0 Å². The van der Waals surface area contributed by atoms with E-state index in [1.54, 1.807) is 0 Å². The van der Waals surface area contributed by atoms with Gasteiger partial charge in [0.15, 0.2) is 0 Å². The van der Waals surface area contributed by atoms with E-state index in [2.05, 4.69) is 64.1 Å². The van der Waals surface area contributed by atoms with E-state index in [9.17, 15) is 0 Å². The van der Waals surface area contributed by atoms with Gasteiger partial charge in [0.1, 0.15) is 0 Å². The zero-order chi connectivity index (χ0) is 53.1. The number of fused-ring (bicyclic) bond motifs is 1. The average Bonchev–Trinajstić information content (AvgIpc) is 3.39. The van der Waals surface area contributed by atoms with Crippen molar-refractivity contribution in [2.24, 2.45) is 0 Å². The molecule has 0 saturated heterocycles. The minimum absolute atomic E-state index is 0. The molecule has 0 aliphatic rings. The van der Waals surface area contributed by atoms with Gasteiger partial charge in [-0.15, -0.1) is 0 Å². The van der Waals surface area contributed by atoms with Gasteiger partial charge in [-0.05, 0) is 34.2 Å². The summed E-state index contributed by atoms with van der Waals surface area (Å²) in [6, 6.07) is 13.1. The van der Waals surface area contributed by atoms with E-state index in [4.69, 9.17) is 0 Å². The third-order valence-corrected chi connectivity index (χ3v) is 2.89. The number of hydrogen-bond donors (Lipinski definition) is 0. The van der Waals surface area contributed by atoms with Crippen molar-refractivity contribution in [2.45, 2.75) is 47.0 Å². The van der Waals surface area contributed by atoms with Crippen molar-refractivity contribution in [3.05, 3.63) is 55.0 Å². The van der Waals surface area contributed by atoms with E-state index >= 15 is 0 Å². The van der Waals surface area contributed by atoms with Gasteiger partial charge in [0.05, 0.1) is 0 Å². The third kappa shape index (κ3) is 205. The standard InChI is InChI=1S/C15H18.C2H6.CH3.41Rb/c1-11-9-10-12-7-5-6-8-13(12)14(11)15(2,3)4;1-2;;;;;;;;;;;;;;;;;;;;;;;;;;;;;;;;;;;;;;;;;;/h5-10H,1-4H3;1-2H3;1H3;;;;;;;;;;;;;;;;;;;;;;;;;;;;;;;;;;;;;;;;;/q;;-1;;;;;;;;;;;;;;;;;;;;;;;;;;;;;;;;;;;;;;;;;+1. The first kappa shape index (κ1) is 187. The van der Waals surface area contributed by atoms with Gasteiger partial charge in [-0.3, -0.25) is 0 Å². The maximum atomic E-state index is 2.28. The summed E-state index contributed by atoms with van der Waals surface area (Å²) >= 11 is 46.4. The van der Waals surface area contributed by atoms with Crippen LogP contribution in [0.4, 0.5) is 0 Å². The van der Waals surface area contributed by atoms with Crippen LogP contribution in [-0.4, -0.2) is 1350 Å².